The maximum Gasteiger partial charge on any atom is 0.416 e. The van der Waals surface area contributed by atoms with E-state index in [4.69, 9.17) is 0 Å². The van der Waals surface area contributed by atoms with Crippen molar-refractivity contribution in [2.24, 2.45) is 5.92 Å². The summed E-state index contributed by atoms with van der Waals surface area (Å²) in [4.78, 5) is 25.5. The maximum atomic E-state index is 12.9. The number of rotatable bonds is 7. The summed E-state index contributed by atoms with van der Waals surface area (Å²) in [5, 5.41) is 14.3. The Morgan fingerprint density at radius 3 is 2.27 bits per heavy atom. The first kappa shape index (κ1) is 24.8. The third kappa shape index (κ3) is 6.38. The molecule has 0 aliphatic rings. The molecule has 2 N–H and O–H groups in total. The van der Waals surface area contributed by atoms with Gasteiger partial charge in [-0.25, -0.2) is 0 Å². The van der Waals surface area contributed by atoms with Crippen LogP contribution in [0.3, 0.4) is 0 Å². The second kappa shape index (κ2) is 10.4. The van der Waals surface area contributed by atoms with Gasteiger partial charge in [-0.2, -0.15) is 13.2 Å². The molecular weight excluding hydrogens is 521 g/mol. The van der Waals surface area contributed by atoms with Gasteiger partial charge >= 0.3 is 6.18 Å². The lowest BCUT2D eigenvalue weighted by molar-refractivity contribution is -0.137. The number of anilines is 1. The van der Waals surface area contributed by atoms with Crippen LogP contribution in [0, 0.1) is 5.92 Å². The van der Waals surface area contributed by atoms with E-state index >= 15 is 0 Å². The summed E-state index contributed by atoms with van der Waals surface area (Å²) in [6, 6.07) is 10.4. The minimum absolute atomic E-state index is 0.0255. The number of alkyl halides is 3. The summed E-state index contributed by atoms with van der Waals surface area (Å²) < 4.78 is 39.2. The lowest BCUT2D eigenvalue weighted by Crippen LogP contribution is -2.47. The summed E-state index contributed by atoms with van der Waals surface area (Å²) in [5.74, 6) is -1.36. The van der Waals surface area contributed by atoms with Crippen molar-refractivity contribution < 1.29 is 22.8 Å². The Bertz CT molecular complexity index is 1120. The van der Waals surface area contributed by atoms with Crippen LogP contribution in [-0.4, -0.2) is 28.1 Å². The Balaban J connectivity index is 1.71. The fourth-order valence-electron chi connectivity index (χ4n) is 2.90. The molecule has 2 atom stereocenters. The van der Waals surface area contributed by atoms with Gasteiger partial charge in [0.05, 0.1) is 5.56 Å². The Hall–Kier alpha value is -2.79. The van der Waals surface area contributed by atoms with Crippen LogP contribution in [-0.2, 0) is 11.0 Å². The molecule has 0 unspecified atom stereocenters. The molecule has 0 aliphatic carbocycles. The fourth-order valence-corrected chi connectivity index (χ4v) is 3.92. The average molecular weight is 541 g/mol. The molecule has 0 saturated heterocycles. The fraction of sp³-hybridized carbons (Fsp3) is 0.273. The molecule has 0 aliphatic heterocycles. The van der Waals surface area contributed by atoms with Crippen molar-refractivity contribution in [2.45, 2.75) is 32.5 Å². The highest BCUT2D eigenvalue weighted by molar-refractivity contribution is 9.10. The van der Waals surface area contributed by atoms with Crippen LogP contribution in [0.2, 0.25) is 0 Å². The van der Waals surface area contributed by atoms with Gasteiger partial charge in [0, 0.05) is 15.6 Å². The molecule has 0 radical (unpaired) electrons. The van der Waals surface area contributed by atoms with E-state index in [-0.39, 0.29) is 16.6 Å². The second-order valence-electron chi connectivity index (χ2n) is 7.32. The van der Waals surface area contributed by atoms with Crippen molar-refractivity contribution >= 4 is 44.2 Å². The first-order chi connectivity index (χ1) is 15.6. The van der Waals surface area contributed by atoms with Crippen molar-refractivity contribution in [3.8, 4) is 10.6 Å². The molecule has 3 aromatic rings. The molecular formula is C22H20BrF3N4O2S. The number of nitrogens with zero attached hydrogens (tertiary/aromatic N) is 2. The van der Waals surface area contributed by atoms with Crippen LogP contribution in [0.1, 0.15) is 36.2 Å². The summed E-state index contributed by atoms with van der Waals surface area (Å²) in [5.41, 5.74) is 0.0101. The molecule has 0 bridgehead atoms. The van der Waals surface area contributed by atoms with Crippen molar-refractivity contribution in [3.05, 3.63) is 64.1 Å². The zero-order valence-electron chi connectivity index (χ0n) is 17.6. The van der Waals surface area contributed by atoms with E-state index in [2.05, 4.69) is 36.8 Å². The zero-order valence-corrected chi connectivity index (χ0v) is 20.0. The van der Waals surface area contributed by atoms with Crippen molar-refractivity contribution in [1.29, 1.82) is 0 Å². The Morgan fingerprint density at radius 2 is 1.70 bits per heavy atom. The number of carbonyl (C=O) groups excluding carboxylic acids is 2. The standard InChI is InChI=1S/C22H20BrF3N4O2S/c1-3-12(2)17(27-18(31)13-4-8-15(9-5-13)22(24,25)26)19(32)28-21-30-29-20(33-21)14-6-10-16(23)11-7-14/h4-12,17H,3H2,1-2H3,(H,27,31)(H,28,30,32)/t12-,17+/m1/s1. The van der Waals surface area contributed by atoms with Gasteiger partial charge in [-0.05, 0) is 42.3 Å². The van der Waals surface area contributed by atoms with Gasteiger partial charge in [0.15, 0.2) is 0 Å². The van der Waals surface area contributed by atoms with Crippen LogP contribution < -0.4 is 10.6 Å². The number of amides is 2. The van der Waals surface area contributed by atoms with Gasteiger partial charge in [0.1, 0.15) is 11.0 Å². The van der Waals surface area contributed by atoms with E-state index in [9.17, 15) is 22.8 Å². The topological polar surface area (TPSA) is 84.0 Å². The normalized spacial score (nSPS) is 13.3. The lowest BCUT2D eigenvalue weighted by Gasteiger charge is -2.23. The van der Waals surface area contributed by atoms with Crippen LogP contribution >= 0.6 is 27.3 Å². The summed E-state index contributed by atoms with van der Waals surface area (Å²) >= 11 is 4.55. The van der Waals surface area contributed by atoms with Gasteiger partial charge < -0.3 is 5.32 Å². The van der Waals surface area contributed by atoms with E-state index in [1.54, 1.807) is 6.92 Å². The van der Waals surface area contributed by atoms with Crippen LogP contribution in [0.4, 0.5) is 18.3 Å². The summed E-state index contributed by atoms with van der Waals surface area (Å²) in [6.45, 7) is 3.66. The molecule has 1 heterocycles. The number of hydrogen-bond donors (Lipinski definition) is 2. The van der Waals surface area contributed by atoms with E-state index < -0.39 is 29.6 Å². The molecule has 6 nitrogen and oxygen atoms in total. The highest BCUT2D eigenvalue weighted by Crippen LogP contribution is 2.29. The molecule has 2 amide bonds. The molecule has 1 aromatic heterocycles. The van der Waals surface area contributed by atoms with Gasteiger partial charge in [-0.1, -0.05) is 59.7 Å². The number of halogens is 4. The Labute approximate surface area is 200 Å². The highest BCUT2D eigenvalue weighted by Gasteiger charge is 2.31. The number of hydrogen-bond acceptors (Lipinski definition) is 5. The van der Waals surface area contributed by atoms with Crippen molar-refractivity contribution in [3.63, 3.8) is 0 Å². The van der Waals surface area contributed by atoms with Crippen LogP contribution in [0.25, 0.3) is 10.6 Å². The van der Waals surface area contributed by atoms with Crippen molar-refractivity contribution in [1.82, 2.24) is 15.5 Å². The molecule has 174 valence electrons. The van der Waals surface area contributed by atoms with Crippen LogP contribution in [0.5, 0.6) is 0 Å². The third-order valence-corrected chi connectivity index (χ3v) is 6.42. The Morgan fingerprint density at radius 1 is 1.06 bits per heavy atom. The van der Waals surface area contributed by atoms with Gasteiger partial charge in [-0.3, -0.25) is 14.9 Å². The van der Waals surface area contributed by atoms with Gasteiger partial charge in [0.25, 0.3) is 5.91 Å². The highest BCUT2D eigenvalue weighted by atomic mass is 79.9. The largest absolute Gasteiger partial charge is 0.416 e. The van der Waals surface area contributed by atoms with E-state index in [0.29, 0.717) is 11.4 Å². The SMILES string of the molecule is CC[C@@H](C)[C@H](NC(=O)c1ccc(C(F)(F)F)cc1)C(=O)Nc1nnc(-c2ccc(Br)cc2)s1. The van der Waals surface area contributed by atoms with E-state index in [0.717, 1.165) is 34.3 Å². The first-order valence-electron chi connectivity index (χ1n) is 9.97. The summed E-state index contributed by atoms with van der Waals surface area (Å²) in [6.07, 6.45) is -3.91. The Kier molecular flexibility index (Phi) is 7.85. The molecule has 0 fully saturated rings. The smallest absolute Gasteiger partial charge is 0.340 e. The molecule has 11 heteroatoms. The number of nitrogens with one attached hydrogen (secondary N) is 2. The minimum Gasteiger partial charge on any atom is -0.340 e. The molecule has 33 heavy (non-hydrogen) atoms. The summed E-state index contributed by atoms with van der Waals surface area (Å²) in [7, 11) is 0. The number of aromatic nitrogens is 2. The van der Waals surface area contributed by atoms with Crippen LogP contribution in [0.15, 0.2) is 53.0 Å². The van der Waals surface area contributed by atoms with Gasteiger partial charge in [-0.15, -0.1) is 10.2 Å². The predicted octanol–water partition coefficient (Wildman–Crippen LogP) is 5.77. The quantitative estimate of drug-likeness (QED) is 0.398. The van der Waals surface area contributed by atoms with E-state index in [1.165, 1.54) is 11.3 Å². The maximum absolute atomic E-state index is 12.9. The minimum atomic E-state index is -4.50. The first-order valence-corrected chi connectivity index (χ1v) is 11.6. The molecule has 2 aromatic carbocycles. The average Bonchev–Trinajstić information content (AvgIpc) is 3.25. The molecule has 0 spiro atoms. The number of carbonyl (C=O) groups is 2. The lowest BCUT2D eigenvalue weighted by atomic mass is 9.98. The zero-order chi connectivity index (χ0) is 24.2. The molecule has 3 rings (SSSR count). The second-order valence-corrected chi connectivity index (χ2v) is 9.21. The van der Waals surface area contributed by atoms with E-state index in [1.807, 2.05) is 31.2 Å². The van der Waals surface area contributed by atoms with Crippen molar-refractivity contribution in [2.75, 3.05) is 5.32 Å². The number of benzene rings is 2. The monoisotopic (exact) mass is 540 g/mol. The third-order valence-electron chi connectivity index (χ3n) is 5.00. The molecule has 0 saturated carbocycles. The van der Waals surface area contributed by atoms with Gasteiger partial charge in [0.2, 0.25) is 11.0 Å². The predicted molar refractivity (Wildman–Crippen MR) is 124 cm³/mol.